The Morgan fingerprint density at radius 2 is 1.77 bits per heavy atom. The standard InChI is InChI=1S/C17H30N2O3/c1-12(2)16(20)19-10-13(17(21)22-3)9-15(11-19)18-14-7-5-4-6-8-14/h12-15,18H,4-11H2,1-3H3. The van der Waals surface area contributed by atoms with Crippen molar-refractivity contribution in [3.05, 3.63) is 0 Å². The summed E-state index contributed by atoms with van der Waals surface area (Å²) in [5.41, 5.74) is 0. The maximum Gasteiger partial charge on any atom is 0.310 e. The van der Waals surface area contributed by atoms with E-state index in [-0.39, 0.29) is 29.8 Å². The number of methoxy groups -OCH3 is 1. The lowest BCUT2D eigenvalue weighted by molar-refractivity contribution is -0.150. The van der Waals surface area contributed by atoms with Crippen LogP contribution in [0.1, 0.15) is 52.4 Å². The van der Waals surface area contributed by atoms with Gasteiger partial charge in [0.1, 0.15) is 0 Å². The zero-order valence-corrected chi connectivity index (χ0v) is 14.1. The van der Waals surface area contributed by atoms with E-state index >= 15 is 0 Å². The van der Waals surface area contributed by atoms with Crippen LogP contribution in [0, 0.1) is 11.8 Å². The van der Waals surface area contributed by atoms with Crippen molar-refractivity contribution in [2.75, 3.05) is 20.2 Å². The van der Waals surface area contributed by atoms with Crippen molar-refractivity contribution in [2.24, 2.45) is 11.8 Å². The molecule has 2 unspecified atom stereocenters. The highest BCUT2D eigenvalue weighted by molar-refractivity contribution is 5.80. The Morgan fingerprint density at radius 1 is 1.09 bits per heavy atom. The number of esters is 1. The Hall–Kier alpha value is -1.10. The second-order valence-corrected chi connectivity index (χ2v) is 7.05. The third-order valence-corrected chi connectivity index (χ3v) is 4.87. The van der Waals surface area contributed by atoms with Crippen molar-refractivity contribution in [3.63, 3.8) is 0 Å². The summed E-state index contributed by atoms with van der Waals surface area (Å²) in [6.45, 7) is 5.02. The summed E-state index contributed by atoms with van der Waals surface area (Å²) in [6, 6.07) is 0.731. The van der Waals surface area contributed by atoms with Gasteiger partial charge in [-0.2, -0.15) is 0 Å². The van der Waals surface area contributed by atoms with E-state index < -0.39 is 0 Å². The fourth-order valence-electron chi connectivity index (χ4n) is 3.70. The number of hydrogen-bond donors (Lipinski definition) is 1. The highest BCUT2D eigenvalue weighted by Gasteiger charge is 2.35. The zero-order valence-electron chi connectivity index (χ0n) is 14.1. The third kappa shape index (κ3) is 4.45. The first-order chi connectivity index (χ1) is 10.5. The minimum absolute atomic E-state index is 0.0354. The van der Waals surface area contributed by atoms with Gasteiger partial charge in [0, 0.05) is 31.1 Å². The van der Waals surface area contributed by atoms with E-state index in [2.05, 4.69) is 5.32 Å². The fraction of sp³-hybridized carbons (Fsp3) is 0.882. The molecule has 2 atom stereocenters. The predicted octanol–water partition coefficient (Wildman–Crippen LogP) is 1.95. The molecule has 1 N–H and O–H groups in total. The number of hydrogen-bond acceptors (Lipinski definition) is 4. The number of carbonyl (C=O) groups excluding carboxylic acids is 2. The number of ether oxygens (including phenoxy) is 1. The van der Waals surface area contributed by atoms with Crippen LogP contribution in [0.4, 0.5) is 0 Å². The molecule has 22 heavy (non-hydrogen) atoms. The smallest absolute Gasteiger partial charge is 0.310 e. The van der Waals surface area contributed by atoms with Crippen molar-refractivity contribution in [3.8, 4) is 0 Å². The molecule has 1 amide bonds. The van der Waals surface area contributed by atoms with Gasteiger partial charge in [0.15, 0.2) is 0 Å². The summed E-state index contributed by atoms with van der Waals surface area (Å²) in [7, 11) is 1.43. The number of piperidine rings is 1. The van der Waals surface area contributed by atoms with Gasteiger partial charge in [-0.05, 0) is 19.3 Å². The SMILES string of the molecule is COC(=O)C1CC(NC2CCCCC2)CN(C(=O)C(C)C)C1. The Kier molecular flexibility index (Phi) is 6.24. The topological polar surface area (TPSA) is 58.6 Å². The first-order valence-electron chi connectivity index (χ1n) is 8.64. The maximum absolute atomic E-state index is 12.3. The summed E-state index contributed by atoms with van der Waals surface area (Å²) >= 11 is 0. The highest BCUT2D eigenvalue weighted by atomic mass is 16.5. The molecule has 0 radical (unpaired) electrons. The molecular formula is C17H30N2O3. The van der Waals surface area contributed by atoms with Gasteiger partial charge in [-0.15, -0.1) is 0 Å². The molecule has 0 bridgehead atoms. The van der Waals surface area contributed by atoms with Crippen LogP contribution >= 0.6 is 0 Å². The quantitative estimate of drug-likeness (QED) is 0.806. The van der Waals surface area contributed by atoms with E-state index in [0.29, 0.717) is 19.1 Å². The molecule has 1 saturated heterocycles. The second kappa shape index (κ2) is 7.95. The highest BCUT2D eigenvalue weighted by Crippen LogP contribution is 2.23. The normalized spacial score (nSPS) is 27.0. The minimum atomic E-state index is -0.206. The summed E-state index contributed by atoms with van der Waals surface area (Å²) in [6.07, 6.45) is 7.06. The third-order valence-electron chi connectivity index (χ3n) is 4.87. The van der Waals surface area contributed by atoms with Crippen molar-refractivity contribution < 1.29 is 14.3 Å². The summed E-state index contributed by atoms with van der Waals surface area (Å²) < 4.78 is 4.91. The molecular weight excluding hydrogens is 280 g/mol. The van der Waals surface area contributed by atoms with Gasteiger partial charge in [-0.25, -0.2) is 0 Å². The van der Waals surface area contributed by atoms with Crippen molar-refractivity contribution in [1.29, 1.82) is 0 Å². The monoisotopic (exact) mass is 310 g/mol. The van der Waals surface area contributed by atoms with E-state index in [1.54, 1.807) is 0 Å². The van der Waals surface area contributed by atoms with Gasteiger partial charge >= 0.3 is 5.97 Å². The van der Waals surface area contributed by atoms with E-state index in [9.17, 15) is 9.59 Å². The van der Waals surface area contributed by atoms with Crippen LogP contribution in [0.2, 0.25) is 0 Å². The molecule has 5 nitrogen and oxygen atoms in total. The number of carbonyl (C=O) groups is 2. The van der Waals surface area contributed by atoms with Crippen molar-refractivity contribution in [1.82, 2.24) is 10.2 Å². The molecule has 0 aromatic heterocycles. The Labute approximate surface area is 133 Å². The number of likely N-dealkylation sites (tertiary alicyclic amines) is 1. The van der Waals surface area contributed by atoms with Crippen LogP contribution in [0.5, 0.6) is 0 Å². The molecule has 2 rings (SSSR count). The number of amides is 1. The van der Waals surface area contributed by atoms with Gasteiger partial charge in [0.2, 0.25) is 5.91 Å². The molecule has 5 heteroatoms. The summed E-state index contributed by atoms with van der Waals surface area (Å²) in [5.74, 6) is -0.310. The van der Waals surface area contributed by atoms with E-state index in [0.717, 1.165) is 6.42 Å². The van der Waals surface area contributed by atoms with Crippen LogP contribution in [-0.2, 0) is 14.3 Å². The Bertz CT molecular complexity index is 391. The molecule has 1 heterocycles. The summed E-state index contributed by atoms with van der Waals surface area (Å²) in [4.78, 5) is 26.1. The van der Waals surface area contributed by atoms with Gasteiger partial charge < -0.3 is 15.0 Å². The molecule has 2 fully saturated rings. The molecule has 2 aliphatic rings. The molecule has 1 aliphatic carbocycles. The number of rotatable bonds is 4. The molecule has 0 spiro atoms. The molecule has 1 aliphatic heterocycles. The van der Waals surface area contributed by atoms with Gasteiger partial charge in [0.25, 0.3) is 0 Å². The first kappa shape index (κ1) is 17.3. The lowest BCUT2D eigenvalue weighted by Crippen LogP contribution is -2.55. The number of nitrogens with one attached hydrogen (secondary N) is 1. The van der Waals surface area contributed by atoms with Crippen LogP contribution in [0.3, 0.4) is 0 Å². The van der Waals surface area contributed by atoms with Crippen LogP contribution < -0.4 is 5.32 Å². The van der Waals surface area contributed by atoms with Crippen molar-refractivity contribution >= 4 is 11.9 Å². The number of nitrogens with zero attached hydrogens (tertiary/aromatic N) is 1. The van der Waals surface area contributed by atoms with Crippen molar-refractivity contribution in [2.45, 2.75) is 64.5 Å². The Morgan fingerprint density at radius 3 is 2.36 bits per heavy atom. The average molecular weight is 310 g/mol. The summed E-state index contributed by atoms with van der Waals surface area (Å²) in [5, 5.41) is 3.69. The zero-order chi connectivity index (χ0) is 16.1. The minimum Gasteiger partial charge on any atom is -0.469 e. The van der Waals surface area contributed by atoms with E-state index in [1.807, 2.05) is 18.7 Å². The molecule has 126 valence electrons. The molecule has 0 aromatic carbocycles. The largest absolute Gasteiger partial charge is 0.469 e. The average Bonchev–Trinajstić information content (AvgIpc) is 2.53. The maximum atomic E-state index is 12.3. The van der Waals surface area contributed by atoms with Crippen LogP contribution in [-0.4, -0.2) is 49.1 Å². The molecule has 1 saturated carbocycles. The Balaban J connectivity index is 2.00. The molecule has 0 aromatic rings. The van der Waals surface area contributed by atoms with Crippen LogP contribution in [0.15, 0.2) is 0 Å². The van der Waals surface area contributed by atoms with Crippen LogP contribution in [0.25, 0.3) is 0 Å². The van der Waals surface area contributed by atoms with Gasteiger partial charge in [-0.3, -0.25) is 9.59 Å². The van der Waals surface area contributed by atoms with E-state index in [4.69, 9.17) is 4.74 Å². The van der Waals surface area contributed by atoms with Gasteiger partial charge in [0.05, 0.1) is 13.0 Å². The first-order valence-corrected chi connectivity index (χ1v) is 8.64. The lowest BCUT2D eigenvalue weighted by Gasteiger charge is -2.40. The fourth-order valence-corrected chi connectivity index (χ4v) is 3.70. The second-order valence-electron chi connectivity index (χ2n) is 7.05. The van der Waals surface area contributed by atoms with Gasteiger partial charge in [-0.1, -0.05) is 33.1 Å². The predicted molar refractivity (Wildman–Crippen MR) is 85.3 cm³/mol. The van der Waals surface area contributed by atoms with E-state index in [1.165, 1.54) is 39.2 Å². The lowest BCUT2D eigenvalue weighted by atomic mass is 9.90.